The minimum atomic E-state index is 0.136. The smallest absolute Gasteiger partial charge is 0.150 e. The van der Waals surface area contributed by atoms with E-state index in [-0.39, 0.29) is 5.41 Å². The molecule has 3 nitrogen and oxygen atoms in total. The van der Waals surface area contributed by atoms with Crippen molar-refractivity contribution < 1.29 is 4.79 Å². The number of hydrogen-bond donors (Lipinski definition) is 1. The fourth-order valence-corrected chi connectivity index (χ4v) is 3.55. The number of nitrogens with zero attached hydrogens (tertiary/aromatic N) is 1. The lowest BCUT2D eigenvalue weighted by molar-refractivity contribution is 0.112. The zero-order valence-electron chi connectivity index (χ0n) is 15.8. The molecule has 0 unspecified atom stereocenters. The van der Waals surface area contributed by atoms with Gasteiger partial charge >= 0.3 is 0 Å². The second kappa shape index (κ2) is 6.51. The quantitative estimate of drug-likeness (QED) is 0.406. The number of benzene rings is 3. The van der Waals surface area contributed by atoms with E-state index < -0.39 is 0 Å². The van der Waals surface area contributed by atoms with Crippen molar-refractivity contribution in [2.45, 2.75) is 26.2 Å². The topological polar surface area (TPSA) is 45.2 Å². The summed E-state index contributed by atoms with van der Waals surface area (Å²) in [6.45, 7) is 6.54. The van der Waals surface area contributed by atoms with Crippen molar-refractivity contribution >= 4 is 39.5 Å². The Hall–Kier alpha value is -3.20. The maximum atomic E-state index is 10.7. The van der Waals surface area contributed by atoms with Crippen LogP contribution in [0.5, 0.6) is 0 Å². The predicted molar refractivity (Wildman–Crippen MR) is 113 cm³/mol. The van der Waals surface area contributed by atoms with E-state index in [4.69, 9.17) is 0 Å². The van der Waals surface area contributed by atoms with Gasteiger partial charge < -0.3 is 4.98 Å². The highest BCUT2D eigenvalue weighted by Crippen LogP contribution is 2.39. The van der Waals surface area contributed by atoms with E-state index in [0.717, 1.165) is 33.8 Å². The lowest BCUT2D eigenvalue weighted by Crippen LogP contribution is -2.22. The van der Waals surface area contributed by atoms with E-state index in [0.29, 0.717) is 5.56 Å². The first kappa shape index (κ1) is 17.2. The number of hydrogen-bond acceptors (Lipinski definition) is 2. The molecule has 0 amide bonds. The third-order valence-corrected chi connectivity index (χ3v) is 5.44. The van der Waals surface area contributed by atoms with Gasteiger partial charge in [0.05, 0.1) is 5.69 Å². The van der Waals surface area contributed by atoms with Crippen LogP contribution in [0.4, 0.5) is 5.69 Å². The fourth-order valence-electron chi connectivity index (χ4n) is 3.55. The van der Waals surface area contributed by atoms with Gasteiger partial charge in [-0.3, -0.25) is 9.79 Å². The summed E-state index contributed by atoms with van der Waals surface area (Å²) in [5.41, 5.74) is 6.73. The average molecular weight is 354 g/mol. The molecule has 1 aromatic heterocycles. The van der Waals surface area contributed by atoms with Gasteiger partial charge in [0.1, 0.15) is 6.29 Å². The molecule has 1 aliphatic rings. The van der Waals surface area contributed by atoms with Gasteiger partial charge in [0.15, 0.2) is 0 Å². The van der Waals surface area contributed by atoms with Crippen molar-refractivity contribution in [2.24, 2.45) is 4.99 Å². The number of nitrogens with one attached hydrogen (secondary N) is 1. The molecule has 0 fully saturated rings. The molecule has 4 aromatic rings. The van der Waals surface area contributed by atoms with Crippen molar-refractivity contribution in [3.63, 3.8) is 0 Å². The van der Waals surface area contributed by atoms with E-state index in [1.807, 2.05) is 42.5 Å². The number of aromatic nitrogens is 1. The summed E-state index contributed by atoms with van der Waals surface area (Å²) < 4.78 is 0. The maximum Gasteiger partial charge on any atom is 0.150 e. The molecule has 0 bridgehead atoms. The highest BCUT2D eigenvalue weighted by Gasteiger charge is 2.31. The van der Waals surface area contributed by atoms with Crippen molar-refractivity contribution in [1.82, 2.24) is 4.98 Å². The van der Waals surface area contributed by atoms with Crippen LogP contribution >= 0.6 is 0 Å². The number of carbonyl (C=O) groups is 1. The van der Waals surface area contributed by atoms with Gasteiger partial charge in [-0.15, -0.1) is 0 Å². The van der Waals surface area contributed by atoms with E-state index in [1.165, 1.54) is 11.3 Å². The van der Waals surface area contributed by atoms with Gasteiger partial charge in [-0.2, -0.15) is 0 Å². The molecule has 27 heavy (non-hydrogen) atoms. The standard InChI is InChI=1S/C13H9NO.C11H13N/c15-8-9-5-6-13-11(7-9)10-3-1-2-4-12(10)14-13;1-8-11(2,3)9-6-4-5-7-10(9)12-8/h1-8,14H;4-7H,1-3H3. The van der Waals surface area contributed by atoms with Crippen molar-refractivity contribution in [2.75, 3.05) is 0 Å². The summed E-state index contributed by atoms with van der Waals surface area (Å²) in [5, 5.41) is 2.27. The fraction of sp³-hybridized carbons (Fsp3) is 0.167. The predicted octanol–water partition coefficient (Wildman–Crippen LogP) is 6.20. The monoisotopic (exact) mass is 354 g/mol. The molecule has 1 N–H and O–H groups in total. The molecule has 0 atom stereocenters. The Morgan fingerprint density at radius 2 is 1.59 bits per heavy atom. The first-order valence-electron chi connectivity index (χ1n) is 9.11. The Kier molecular flexibility index (Phi) is 4.15. The number of aldehydes is 1. The zero-order valence-corrected chi connectivity index (χ0v) is 15.8. The maximum absolute atomic E-state index is 10.7. The molecule has 0 aliphatic carbocycles. The minimum absolute atomic E-state index is 0.136. The lowest BCUT2D eigenvalue weighted by Gasteiger charge is -2.19. The summed E-state index contributed by atoms with van der Waals surface area (Å²) in [5.74, 6) is 0. The van der Waals surface area contributed by atoms with Crippen LogP contribution in [0.3, 0.4) is 0 Å². The summed E-state index contributed by atoms with van der Waals surface area (Å²) in [6, 6.07) is 22.1. The van der Waals surface area contributed by atoms with Gasteiger partial charge in [0.2, 0.25) is 0 Å². The van der Waals surface area contributed by atoms with Crippen molar-refractivity contribution in [1.29, 1.82) is 0 Å². The highest BCUT2D eigenvalue weighted by molar-refractivity contribution is 6.08. The molecule has 5 rings (SSSR count). The number of fused-ring (bicyclic) bond motifs is 4. The molecule has 2 heterocycles. The molecule has 0 saturated carbocycles. The molecule has 3 heteroatoms. The second-order valence-corrected chi connectivity index (χ2v) is 7.43. The highest BCUT2D eigenvalue weighted by atomic mass is 16.1. The number of para-hydroxylation sites is 2. The second-order valence-electron chi connectivity index (χ2n) is 7.43. The van der Waals surface area contributed by atoms with Crippen molar-refractivity contribution in [3.8, 4) is 0 Å². The van der Waals surface area contributed by atoms with Gasteiger partial charge in [-0.1, -0.05) is 50.2 Å². The Morgan fingerprint density at radius 1 is 0.889 bits per heavy atom. The van der Waals surface area contributed by atoms with Crippen LogP contribution in [0.25, 0.3) is 21.8 Å². The summed E-state index contributed by atoms with van der Waals surface area (Å²) >= 11 is 0. The minimum Gasteiger partial charge on any atom is -0.355 e. The summed E-state index contributed by atoms with van der Waals surface area (Å²) in [6.07, 6.45) is 0.876. The van der Waals surface area contributed by atoms with Crippen LogP contribution in [0.15, 0.2) is 71.7 Å². The molecular weight excluding hydrogens is 332 g/mol. The largest absolute Gasteiger partial charge is 0.355 e. The van der Waals surface area contributed by atoms with Crippen LogP contribution in [0.2, 0.25) is 0 Å². The Morgan fingerprint density at radius 3 is 2.37 bits per heavy atom. The van der Waals surface area contributed by atoms with Crippen molar-refractivity contribution in [3.05, 3.63) is 77.9 Å². The van der Waals surface area contributed by atoms with Gasteiger partial charge in [0.25, 0.3) is 0 Å². The molecule has 1 aliphatic heterocycles. The molecule has 0 spiro atoms. The number of carbonyl (C=O) groups excluding carboxylic acids is 1. The molecule has 134 valence electrons. The molecule has 0 radical (unpaired) electrons. The number of aromatic amines is 1. The van der Waals surface area contributed by atoms with Gasteiger partial charge in [0, 0.05) is 38.5 Å². The lowest BCUT2D eigenvalue weighted by atomic mass is 9.82. The van der Waals surface area contributed by atoms with Crippen LogP contribution < -0.4 is 0 Å². The molecular formula is C24H22N2O. The first-order chi connectivity index (χ1) is 13.0. The van der Waals surface area contributed by atoms with E-state index in [9.17, 15) is 4.79 Å². The van der Waals surface area contributed by atoms with Crippen LogP contribution in [0.1, 0.15) is 36.7 Å². The normalized spacial score (nSPS) is 14.4. The summed E-state index contributed by atoms with van der Waals surface area (Å²) in [7, 11) is 0. The van der Waals surface area contributed by atoms with E-state index in [1.54, 1.807) is 0 Å². The van der Waals surface area contributed by atoms with Crippen LogP contribution in [-0.2, 0) is 5.41 Å². The third kappa shape index (κ3) is 2.95. The number of aliphatic imine (C=N–C) groups is 1. The van der Waals surface area contributed by atoms with E-state index in [2.05, 4.69) is 55.0 Å². The van der Waals surface area contributed by atoms with Gasteiger partial charge in [-0.05, 0) is 42.8 Å². The SMILES string of the molecule is CC1=Nc2ccccc2C1(C)C.O=Cc1ccc2[nH]c3ccccc3c2c1. The Labute approximate surface area is 158 Å². The Balaban J connectivity index is 0.000000137. The summed E-state index contributed by atoms with van der Waals surface area (Å²) in [4.78, 5) is 18.5. The molecule has 3 aromatic carbocycles. The van der Waals surface area contributed by atoms with Crippen LogP contribution in [0, 0.1) is 0 Å². The number of rotatable bonds is 1. The van der Waals surface area contributed by atoms with Gasteiger partial charge in [-0.25, -0.2) is 0 Å². The molecule has 0 saturated heterocycles. The number of H-pyrrole nitrogens is 1. The average Bonchev–Trinajstić information content (AvgIpc) is 3.17. The van der Waals surface area contributed by atoms with E-state index >= 15 is 0 Å². The van der Waals surface area contributed by atoms with Crippen LogP contribution in [-0.4, -0.2) is 17.0 Å². The first-order valence-corrected chi connectivity index (χ1v) is 9.11. The zero-order chi connectivity index (χ0) is 19.0. The third-order valence-electron chi connectivity index (χ3n) is 5.44. The Bertz CT molecular complexity index is 1180.